The first-order chi connectivity index (χ1) is 21.0. The number of hydrogen-bond acceptors (Lipinski definition) is 7. The molecule has 0 aromatic heterocycles. The molecule has 3 aromatic rings. The van der Waals surface area contributed by atoms with Gasteiger partial charge in [0.25, 0.3) is 11.8 Å². The molecule has 3 aromatic carbocycles. The van der Waals surface area contributed by atoms with Gasteiger partial charge in [0.1, 0.15) is 11.6 Å². The summed E-state index contributed by atoms with van der Waals surface area (Å²) in [6, 6.07) is 14.7. The first-order valence-corrected chi connectivity index (χ1v) is 14.6. The van der Waals surface area contributed by atoms with Gasteiger partial charge in [0.2, 0.25) is 11.8 Å². The number of halogens is 3. The zero-order valence-electron chi connectivity index (χ0n) is 23.0. The third kappa shape index (κ3) is 3.49. The number of carbonyl (C=O) groups is 5. The molecule has 44 heavy (non-hydrogen) atoms. The number of benzene rings is 3. The van der Waals surface area contributed by atoms with E-state index in [1.54, 1.807) is 36.4 Å². The van der Waals surface area contributed by atoms with E-state index in [1.165, 1.54) is 18.2 Å². The van der Waals surface area contributed by atoms with Crippen LogP contribution >= 0.6 is 23.2 Å². The molecule has 4 aliphatic rings. The largest absolute Gasteiger partial charge is 0.507 e. The number of anilines is 1. The summed E-state index contributed by atoms with van der Waals surface area (Å²) in [6.45, 7) is 0. The molecule has 2 saturated heterocycles. The Kier molecular flexibility index (Phi) is 6.22. The maximum Gasteiger partial charge on any atom is 0.423 e. The van der Waals surface area contributed by atoms with Crippen molar-refractivity contribution in [2.75, 3.05) is 12.0 Å². The maximum absolute atomic E-state index is 14.5. The number of alkyl halides is 2. The van der Waals surface area contributed by atoms with Gasteiger partial charge in [-0.3, -0.25) is 19.2 Å². The van der Waals surface area contributed by atoms with Crippen molar-refractivity contribution in [2.45, 2.75) is 28.5 Å². The van der Waals surface area contributed by atoms with Crippen LogP contribution in [-0.4, -0.2) is 56.6 Å². The number of methoxy groups -OCH3 is 1. The van der Waals surface area contributed by atoms with Gasteiger partial charge < -0.3 is 9.84 Å². The number of aromatic hydroxyl groups is 1. The number of rotatable bonds is 2. The molecule has 2 aliphatic carbocycles. The van der Waals surface area contributed by atoms with Crippen LogP contribution in [0.25, 0.3) is 10.8 Å². The Balaban J connectivity index is 1.48. The number of fused-ring (bicyclic) bond motifs is 5. The third-order valence-corrected chi connectivity index (χ3v) is 10.9. The number of amides is 5. The SMILES string of the molecule is COC(=O)N1C(=O)C2CC=C3C(CC4(Cl)C(=O)N(c5ccc(F)cc5)C(=O)C4(Cl)C3c3ccc(O)c4ccccc34)C2C1=O. The van der Waals surface area contributed by atoms with Crippen molar-refractivity contribution in [3.63, 3.8) is 0 Å². The summed E-state index contributed by atoms with van der Waals surface area (Å²) >= 11 is 14.7. The number of imide groups is 4. The van der Waals surface area contributed by atoms with E-state index in [9.17, 15) is 33.5 Å². The molecule has 0 radical (unpaired) electrons. The third-order valence-electron chi connectivity index (χ3n) is 9.50. The lowest BCUT2D eigenvalue weighted by atomic mass is 9.56. The zero-order valence-corrected chi connectivity index (χ0v) is 24.5. The number of carbonyl (C=O) groups excluding carboxylic acids is 5. The lowest BCUT2D eigenvalue weighted by molar-refractivity contribution is -0.138. The predicted molar refractivity (Wildman–Crippen MR) is 156 cm³/mol. The average Bonchev–Trinajstić information content (AvgIpc) is 3.36. The molecule has 6 atom stereocenters. The van der Waals surface area contributed by atoms with E-state index < -0.39 is 69.0 Å². The number of phenolic OH excluding ortho intramolecular Hbond substituents is 1. The number of likely N-dealkylation sites (tertiary alicyclic amines) is 1. The Morgan fingerprint density at radius 3 is 2.30 bits per heavy atom. The molecule has 9 nitrogen and oxygen atoms in total. The van der Waals surface area contributed by atoms with Crippen LogP contribution in [0.4, 0.5) is 14.9 Å². The van der Waals surface area contributed by atoms with E-state index in [-0.39, 0.29) is 24.3 Å². The fourth-order valence-corrected chi connectivity index (χ4v) is 8.50. The van der Waals surface area contributed by atoms with Gasteiger partial charge in [0.05, 0.1) is 24.6 Å². The smallest absolute Gasteiger partial charge is 0.423 e. The minimum Gasteiger partial charge on any atom is -0.507 e. The minimum absolute atomic E-state index is 0.0257. The van der Waals surface area contributed by atoms with Crippen molar-refractivity contribution < 1.29 is 38.2 Å². The van der Waals surface area contributed by atoms with Crippen molar-refractivity contribution in [3.05, 3.63) is 83.7 Å². The zero-order chi connectivity index (χ0) is 31.3. The molecule has 1 saturated carbocycles. The van der Waals surface area contributed by atoms with Gasteiger partial charge in [-0.1, -0.05) is 42.0 Å². The van der Waals surface area contributed by atoms with Crippen molar-refractivity contribution >= 4 is 69.4 Å². The standard InChI is InChI=1S/C32H23Cl2FN2O7/c1-44-30(43)37-26(39)21-11-10-20-22(24(21)27(37)40)14-31(33)28(41)36(16-8-6-15(35)7-9-16)29(42)32(31,34)25(20)19-12-13-23(38)18-5-3-2-4-17(18)19/h2-10,12-13,21-22,24-25,38H,11,14H2,1H3. The van der Waals surface area contributed by atoms with Crippen LogP contribution in [0.2, 0.25) is 0 Å². The fourth-order valence-electron chi connectivity index (χ4n) is 7.57. The summed E-state index contributed by atoms with van der Waals surface area (Å²) in [5.74, 6) is -7.78. The highest BCUT2D eigenvalue weighted by atomic mass is 35.5. The molecule has 224 valence electrons. The van der Waals surface area contributed by atoms with E-state index in [1.807, 2.05) is 0 Å². The Morgan fingerprint density at radius 1 is 0.932 bits per heavy atom. The molecule has 2 aliphatic heterocycles. The molecule has 1 N–H and O–H groups in total. The van der Waals surface area contributed by atoms with E-state index in [4.69, 9.17) is 27.9 Å². The molecule has 6 unspecified atom stereocenters. The van der Waals surface area contributed by atoms with Gasteiger partial charge in [0, 0.05) is 11.3 Å². The van der Waals surface area contributed by atoms with Crippen LogP contribution in [0.5, 0.6) is 5.75 Å². The van der Waals surface area contributed by atoms with Crippen LogP contribution in [0.1, 0.15) is 24.3 Å². The second-order valence-corrected chi connectivity index (χ2v) is 12.7. The number of nitrogens with zero attached hydrogens (tertiary/aromatic N) is 2. The van der Waals surface area contributed by atoms with Gasteiger partial charge in [0.15, 0.2) is 9.75 Å². The molecule has 12 heteroatoms. The lowest BCUT2D eigenvalue weighted by Gasteiger charge is -2.51. The van der Waals surface area contributed by atoms with Gasteiger partial charge in [-0.25, -0.2) is 14.1 Å². The summed E-state index contributed by atoms with van der Waals surface area (Å²) in [7, 11) is 1.06. The predicted octanol–water partition coefficient (Wildman–Crippen LogP) is 5.01. The van der Waals surface area contributed by atoms with Crippen LogP contribution in [0, 0.1) is 23.6 Å². The molecule has 7 rings (SSSR count). The van der Waals surface area contributed by atoms with E-state index in [2.05, 4.69) is 0 Å². The first-order valence-electron chi connectivity index (χ1n) is 13.8. The Labute approximate surface area is 259 Å². The quantitative estimate of drug-likeness (QED) is 0.238. The van der Waals surface area contributed by atoms with Gasteiger partial charge in [-0.15, -0.1) is 23.2 Å². The molecule has 0 bridgehead atoms. The highest BCUT2D eigenvalue weighted by molar-refractivity contribution is 6.58. The van der Waals surface area contributed by atoms with Gasteiger partial charge >= 0.3 is 6.09 Å². The minimum atomic E-state index is -2.14. The molecule has 3 fully saturated rings. The van der Waals surface area contributed by atoms with Crippen molar-refractivity contribution in [1.82, 2.24) is 4.90 Å². The number of hydrogen-bond donors (Lipinski definition) is 1. The summed E-state index contributed by atoms with van der Waals surface area (Å²) in [5.41, 5.74) is 1.05. The van der Waals surface area contributed by atoms with Crippen LogP contribution in [0.3, 0.4) is 0 Å². The fraction of sp³-hybridized carbons (Fsp3) is 0.281. The molecular formula is C32H23Cl2FN2O7. The normalized spacial score (nSPS) is 31.1. The summed E-state index contributed by atoms with van der Waals surface area (Å²) in [5, 5.41) is 11.7. The van der Waals surface area contributed by atoms with Crippen LogP contribution < -0.4 is 4.90 Å². The molecule has 0 spiro atoms. The summed E-state index contributed by atoms with van der Waals surface area (Å²) in [6.07, 6.45) is 0.388. The highest BCUT2D eigenvalue weighted by Crippen LogP contribution is 2.66. The van der Waals surface area contributed by atoms with Gasteiger partial charge in [-0.05, 0) is 60.0 Å². The van der Waals surface area contributed by atoms with Crippen molar-refractivity contribution in [3.8, 4) is 5.75 Å². The summed E-state index contributed by atoms with van der Waals surface area (Å²) in [4.78, 5) is 65.3. The van der Waals surface area contributed by atoms with E-state index >= 15 is 0 Å². The topological polar surface area (TPSA) is 121 Å². The summed E-state index contributed by atoms with van der Waals surface area (Å²) < 4.78 is 18.5. The molecule has 2 heterocycles. The van der Waals surface area contributed by atoms with E-state index in [0.717, 1.165) is 24.1 Å². The van der Waals surface area contributed by atoms with Crippen molar-refractivity contribution in [2.24, 2.45) is 17.8 Å². The number of allylic oxidation sites excluding steroid dienone is 2. The van der Waals surface area contributed by atoms with E-state index in [0.29, 0.717) is 26.8 Å². The van der Waals surface area contributed by atoms with Crippen LogP contribution in [-0.2, 0) is 23.9 Å². The number of phenols is 1. The number of ether oxygens (including phenoxy) is 1. The van der Waals surface area contributed by atoms with Crippen molar-refractivity contribution in [1.29, 1.82) is 0 Å². The Bertz CT molecular complexity index is 1860. The maximum atomic E-state index is 14.5. The Morgan fingerprint density at radius 2 is 1.61 bits per heavy atom. The first kappa shape index (κ1) is 28.5. The monoisotopic (exact) mass is 636 g/mol. The molecule has 5 amide bonds. The Hall–Kier alpha value is -4.28. The second-order valence-electron chi connectivity index (χ2n) is 11.5. The highest BCUT2D eigenvalue weighted by Gasteiger charge is 2.77. The molecular weight excluding hydrogens is 614 g/mol. The lowest BCUT2D eigenvalue weighted by Crippen LogP contribution is -2.60. The van der Waals surface area contributed by atoms with Gasteiger partial charge in [-0.2, -0.15) is 4.90 Å². The average molecular weight is 637 g/mol. The second kappa shape index (κ2) is 9.61. The van der Waals surface area contributed by atoms with Crippen LogP contribution in [0.15, 0.2) is 72.3 Å².